The number of amides is 2. The van der Waals surface area contributed by atoms with Crippen molar-refractivity contribution in [2.24, 2.45) is 0 Å². The van der Waals surface area contributed by atoms with Crippen LogP contribution in [0.1, 0.15) is 33.0 Å². The number of nitrogens with zero attached hydrogens (tertiary/aromatic N) is 5. The van der Waals surface area contributed by atoms with E-state index in [0.717, 1.165) is 45.1 Å². The molecule has 0 bridgehead atoms. The lowest BCUT2D eigenvalue weighted by Gasteiger charge is -2.37. The summed E-state index contributed by atoms with van der Waals surface area (Å²) in [5, 5.41) is 2.85. The average Bonchev–Trinajstić information content (AvgIpc) is 3.50. The highest BCUT2D eigenvalue weighted by Gasteiger charge is 2.34. The fraction of sp³-hybridized carbons (Fsp3) is 0.194. The smallest absolute Gasteiger partial charge is 0.247 e. The number of rotatable bonds is 9. The van der Waals surface area contributed by atoms with Crippen LogP contribution in [0, 0.1) is 6.92 Å². The number of fused-ring (bicyclic) bond motifs is 1. The summed E-state index contributed by atoms with van der Waals surface area (Å²) >= 11 is 1.54. The van der Waals surface area contributed by atoms with Crippen LogP contribution in [0.15, 0.2) is 109 Å². The molecular weight excluding hydrogens is 566 g/mol. The van der Waals surface area contributed by atoms with Crippen LogP contribution in [-0.4, -0.2) is 49.2 Å². The highest BCUT2D eigenvalue weighted by atomic mass is 32.1. The van der Waals surface area contributed by atoms with Crippen LogP contribution < -0.4 is 0 Å². The molecule has 0 saturated heterocycles. The Morgan fingerprint density at radius 2 is 1.73 bits per heavy atom. The first-order valence-electron chi connectivity index (χ1n) is 14.7. The van der Waals surface area contributed by atoms with Crippen molar-refractivity contribution in [1.29, 1.82) is 0 Å². The predicted molar refractivity (Wildman–Crippen MR) is 173 cm³/mol. The van der Waals surface area contributed by atoms with Crippen molar-refractivity contribution in [1.82, 2.24) is 24.8 Å². The van der Waals surface area contributed by atoms with Gasteiger partial charge in [0, 0.05) is 55.5 Å². The Morgan fingerprint density at radius 3 is 2.45 bits per heavy atom. The lowest BCUT2D eigenvalue weighted by molar-refractivity contribution is -0.144. The van der Waals surface area contributed by atoms with Crippen LogP contribution in [0.4, 0.5) is 0 Å². The quantitative estimate of drug-likeness (QED) is 0.190. The monoisotopic (exact) mass is 599 g/mol. The molecule has 220 valence electrons. The van der Waals surface area contributed by atoms with E-state index >= 15 is 0 Å². The molecule has 0 N–H and O–H groups in total. The van der Waals surface area contributed by atoms with E-state index < -0.39 is 6.04 Å². The molecule has 1 aliphatic heterocycles. The number of aromatic nitrogens is 3. The number of carbonyl (C=O) groups excluding carboxylic acids is 2. The summed E-state index contributed by atoms with van der Waals surface area (Å²) in [5.41, 5.74) is 6.78. The van der Waals surface area contributed by atoms with Gasteiger partial charge in [-0.25, -0.2) is 4.98 Å². The average molecular weight is 600 g/mol. The Balaban J connectivity index is 1.34. The Hall–Kier alpha value is -4.95. The summed E-state index contributed by atoms with van der Waals surface area (Å²) in [6.07, 6.45) is 9.51. The molecule has 0 unspecified atom stereocenters. The van der Waals surface area contributed by atoms with Gasteiger partial charge in [-0.15, -0.1) is 11.3 Å². The molecular formula is C36H33N5O2S. The van der Waals surface area contributed by atoms with Gasteiger partial charge in [0.2, 0.25) is 11.8 Å². The SMILES string of the molecule is Cc1nc(C=CC(=O)N(Cc2ccc(-c3cnccn3)cc2)[C@@H](Cc2ccccc2)C(=O)N2CCc3ccccc3C2)cs1. The second-order valence-electron chi connectivity index (χ2n) is 10.9. The maximum atomic E-state index is 14.4. The van der Waals surface area contributed by atoms with Crippen molar-refractivity contribution < 1.29 is 9.59 Å². The van der Waals surface area contributed by atoms with Crippen LogP contribution in [-0.2, 0) is 35.5 Å². The first-order valence-corrected chi connectivity index (χ1v) is 15.6. The number of hydrogen-bond donors (Lipinski definition) is 0. The normalized spacial score (nSPS) is 13.4. The lowest BCUT2D eigenvalue weighted by Crippen LogP contribution is -2.52. The molecule has 6 rings (SSSR count). The minimum Gasteiger partial charge on any atom is -0.336 e. The molecule has 1 atom stereocenters. The van der Waals surface area contributed by atoms with Crippen molar-refractivity contribution in [2.75, 3.05) is 6.54 Å². The molecule has 44 heavy (non-hydrogen) atoms. The van der Waals surface area contributed by atoms with E-state index in [1.54, 1.807) is 35.6 Å². The standard InChI is InChI=1S/C36H33N5O2S/c1-26-39-32(25-44-26)15-16-35(42)41(23-28-11-13-30(14-12-28)33-22-37-18-19-38-33)34(21-27-7-3-2-4-8-27)36(43)40-20-17-29-9-5-6-10-31(29)24-40/h2-16,18-19,22,25,34H,17,20-21,23-24H2,1H3/t34-/m0/s1. The largest absolute Gasteiger partial charge is 0.336 e. The van der Waals surface area contributed by atoms with Crippen LogP contribution in [0.5, 0.6) is 0 Å². The van der Waals surface area contributed by atoms with Crippen LogP contribution >= 0.6 is 11.3 Å². The molecule has 0 fully saturated rings. The minimum absolute atomic E-state index is 0.0502. The number of benzene rings is 3. The maximum Gasteiger partial charge on any atom is 0.247 e. The molecule has 0 aliphatic carbocycles. The van der Waals surface area contributed by atoms with Crippen molar-refractivity contribution >= 4 is 29.2 Å². The van der Waals surface area contributed by atoms with Gasteiger partial charge in [0.05, 0.1) is 22.6 Å². The molecule has 1 aliphatic rings. The molecule has 5 aromatic rings. The Labute approximate surface area is 261 Å². The van der Waals surface area contributed by atoms with Crippen LogP contribution in [0.25, 0.3) is 17.3 Å². The van der Waals surface area contributed by atoms with Gasteiger partial charge >= 0.3 is 0 Å². The number of aryl methyl sites for hydroxylation is 1. The Kier molecular flexibility index (Phi) is 8.98. The van der Waals surface area contributed by atoms with E-state index in [-0.39, 0.29) is 18.4 Å². The van der Waals surface area contributed by atoms with Gasteiger partial charge in [-0.05, 0) is 41.7 Å². The summed E-state index contributed by atoms with van der Waals surface area (Å²) < 4.78 is 0. The molecule has 2 aromatic heterocycles. The molecule has 7 nitrogen and oxygen atoms in total. The van der Waals surface area contributed by atoms with Crippen LogP contribution in [0.3, 0.4) is 0 Å². The third kappa shape index (κ3) is 6.98. The number of thiazole rings is 1. The van der Waals surface area contributed by atoms with E-state index in [2.05, 4.69) is 27.1 Å². The van der Waals surface area contributed by atoms with Crippen LogP contribution in [0.2, 0.25) is 0 Å². The fourth-order valence-electron chi connectivity index (χ4n) is 5.54. The van der Waals surface area contributed by atoms with E-state index in [9.17, 15) is 9.59 Å². The molecule has 3 aromatic carbocycles. The summed E-state index contributed by atoms with van der Waals surface area (Å²) in [6.45, 7) is 3.35. The van der Waals surface area contributed by atoms with Crippen molar-refractivity contribution in [3.8, 4) is 11.3 Å². The highest BCUT2D eigenvalue weighted by Crippen LogP contribution is 2.24. The summed E-state index contributed by atoms with van der Waals surface area (Å²) in [7, 11) is 0. The predicted octanol–water partition coefficient (Wildman–Crippen LogP) is 6.15. The molecule has 0 spiro atoms. The Morgan fingerprint density at radius 1 is 0.955 bits per heavy atom. The molecule has 8 heteroatoms. The van der Waals surface area contributed by atoms with Crippen molar-refractivity contribution in [3.05, 3.63) is 142 Å². The third-order valence-corrected chi connectivity index (χ3v) is 8.65. The van der Waals surface area contributed by atoms with Gasteiger partial charge in [0.25, 0.3) is 0 Å². The van der Waals surface area contributed by atoms with Gasteiger partial charge in [-0.1, -0.05) is 78.9 Å². The topological polar surface area (TPSA) is 79.3 Å². The zero-order valence-corrected chi connectivity index (χ0v) is 25.4. The van der Waals surface area contributed by atoms with E-state index in [1.165, 1.54) is 16.9 Å². The third-order valence-electron chi connectivity index (χ3n) is 7.86. The number of carbonyl (C=O) groups is 2. The van der Waals surface area contributed by atoms with Gasteiger partial charge in [0.15, 0.2) is 0 Å². The zero-order valence-electron chi connectivity index (χ0n) is 24.5. The summed E-state index contributed by atoms with van der Waals surface area (Å²) in [5.74, 6) is -0.286. The van der Waals surface area contributed by atoms with Crippen molar-refractivity contribution in [2.45, 2.75) is 38.9 Å². The van der Waals surface area contributed by atoms with Crippen molar-refractivity contribution in [3.63, 3.8) is 0 Å². The first-order chi connectivity index (χ1) is 21.5. The van der Waals surface area contributed by atoms with Gasteiger partial charge in [0.1, 0.15) is 6.04 Å². The second kappa shape index (κ2) is 13.6. The summed E-state index contributed by atoms with van der Waals surface area (Å²) in [4.78, 5) is 45.2. The van der Waals surface area contributed by atoms with Gasteiger partial charge in [-0.2, -0.15) is 0 Å². The highest BCUT2D eigenvalue weighted by molar-refractivity contribution is 7.09. The minimum atomic E-state index is -0.698. The molecule has 0 radical (unpaired) electrons. The lowest BCUT2D eigenvalue weighted by atomic mass is 9.97. The van der Waals surface area contributed by atoms with E-state index in [0.29, 0.717) is 19.5 Å². The molecule has 2 amide bonds. The first kappa shape index (κ1) is 29.1. The van der Waals surface area contributed by atoms with Gasteiger partial charge < -0.3 is 9.80 Å². The molecule has 3 heterocycles. The van der Waals surface area contributed by atoms with E-state index in [4.69, 9.17) is 0 Å². The fourth-order valence-corrected chi connectivity index (χ4v) is 6.12. The van der Waals surface area contributed by atoms with Gasteiger partial charge in [-0.3, -0.25) is 19.6 Å². The Bertz CT molecular complexity index is 1750. The number of hydrogen-bond acceptors (Lipinski definition) is 6. The second-order valence-corrected chi connectivity index (χ2v) is 11.9. The molecule has 0 saturated carbocycles. The zero-order chi connectivity index (χ0) is 30.3. The van der Waals surface area contributed by atoms with E-state index in [1.807, 2.05) is 83.9 Å². The summed E-state index contributed by atoms with van der Waals surface area (Å²) in [6, 6.07) is 25.4. The maximum absolute atomic E-state index is 14.4.